The summed E-state index contributed by atoms with van der Waals surface area (Å²) in [5.74, 6) is 0.0352. The fourth-order valence-corrected chi connectivity index (χ4v) is 3.76. The third-order valence-electron chi connectivity index (χ3n) is 3.56. The van der Waals surface area contributed by atoms with E-state index in [1.54, 1.807) is 18.2 Å². The Hall–Kier alpha value is -1.67. The van der Waals surface area contributed by atoms with Crippen molar-refractivity contribution in [1.82, 2.24) is 4.31 Å². The van der Waals surface area contributed by atoms with Crippen LogP contribution in [-0.4, -0.2) is 35.5 Å². The number of carbonyl (C=O) groups excluding carboxylic acids is 1. The van der Waals surface area contributed by atoms with E-state index in [2.05, 4.69) is 0 Å². The van der Waals surface area contributed by atoms with Crippen molar-refractivity contribution in [3.05, 3.63) is 29.3 Å². The van der Waals surface area contributed by atoms with Gasteiger partial charge in [-0.15, -0.1) is 0 Å². The van der Waals surface area contributed by atoms with E-state index >= 15 is 0 Å². The van der Waals surface area contributed by atoms with Gasteiger partial charge in [-0.3, -0.25) is 4.79 Å². The Morgan fingerprint density at radius 3 is 2.52 bits per heavy atom. The van der Waals surface area contributed by atoms with E-state index in [-0.39, 0.29) is 11.5 Å². The summed E-state index contributed by atoms with van der Waals surface area (Å²) >= 11 is 4.90. The number of nitrogens with two attached hydrogens (primary N) is 1. The summed E-state index contributed by atoms with van der Waals surface area (Å²) in [6.07, 6.45) is 0. The maximum Gasteiger partial charge on any atom is 0.259 e. The molecule has 1 heterocycles. The van der Waals surface area contributed by atoms with E-state index in [1.807, 2.05) is 0 Å². The molecular formula is C13H16N2O4S2. The van der Waals surface area contributed by atoms with Gasteiger partial charge >= 0.3 is 0 Å². The Labute approximate surface area is 128 Å². The maximum absolute atomic E-state index is 12.1. The molecule has 1 aromatic carbocycles. The van der Waals surface area contributed by atoms with E-state index in [0.29, 0.717) is 16.9 Å². The van der Waals surface area contributed by atoms with Crippen molar-refractivity contribution in [2.45, 2.75) is 25.1 Å². The minimum Gasteiger partial charge on any atom is -0.496 e. The molecule has 2 N–H and O–H groups in total. The third kappa shape index (κ3) is 2.28. The van der Waals surface area contributed by atoms with Crippen LogP contribution in [0.25, 0.3) is 0 Å². The van der Waals surface area contributed by atoms with Crippen LogP contribution in [0.4, 0.5) is 0 Å². The molecule has 1 saturated heterocycles. The predicted octanol–water partition coefficient (Wildman–Crippen LogP) is 0.780. The molecule has 0 aliphatic carbocycles. The number of hydrogen-bond acceptors (Lipinski definition) is 5. The summed E-state index contributed by atoms with van der Waals surface area (Å²) in [5.41, 5.74) is 6.69. The standard InChI is InChI=1S/C13H16N2O4S2/c1-13(2)12(16)15(21(13,17)18)7-9-6-8(11(14)20)4-5-10(9)19-3/h4-6H,7H2,1-3H3,(H2,14,20). The van der Waals surface area contributed by atoms with E-state index in [4.69, 9.17) is 22.7 Å². The van der Waals surface area contributed by atoms with Crippen LogP contribution in [0.1, 0.15) is 25.0 Å². The number of methoxy groups -OCH3 is 1. The molecule has 1 aliphatic rings. The minimum atomic E-state index is -3.64. The summed E-state index contributed by atoms with van der Waals surface area (Å²) < 4.78 is 28.9. The lowest BCUT2D eigenvalue weighted by Crippen LogP contribution is -2.66. The summed E-state index contributed by atoms with van der Waals surface area (Å²) in [4.78, 5) is 12.2. The van der Waals surface area contributed by atoms with Crippen molar-refractivity contribution in [2.75, 3.05) is 7.11 Å². The zero-order chi connectivity index (χ0) is 16.0. The Bertz CT molecular complexity index is 726. The molecule has 2 rings (SSSR count). The molecule has 0 atom stereocenters. The van der Waals surface area contributed by atoms with Crippen LogP contribution in [0.5, 0.6) is 5.75 Å². The van der Waals surface area contributed by atoms with Crippen LogP contribution in [-0.2, 0) is 21.4 Å². The lowest BCUT2D eigenvalue weighted by Gasteiger charge is -2.43. The van der Waals surface area contributed by atoms with Crippen molar-refractivity contribution < 1.29 is 17.9 Å². The number of benzene rings is 1. The molecule has 0 spiro atoms. The van der Waals surface area contributed by atoms with E-state index in [1.165, 1.54) is 21.0 Å². The van der Waals surface area contributed by atoms with Gasteiger partial charge in [0.05, 0.1) is 13.7 Å². The zero-order valence-electron chi connectivity index (χ0n) is 11.9. The first-order valence-electron chi connectivity index (χ1n) is 6.16. The van der Waals surface area contributed by atoms with Gasteiger partial charge in [0.1, 0.15) is 10.7 Å². The van der Waals surface area contributed by atoms with Gasteiger partial charge in [-0.05, 0) is 32.0 Å². The molecule has 8 heteroatoms. The average Bonchev–Trinajstić information content (AvgIpc) is 2.43. The third-order valence-corrected chi connectivity index (χ3v) is 6.13. The van der Waals surface area contributed by atoms with Crippen LogP contribution < -0.4 is 10.5 Å². The molecule has 21 heavy (non-hydrogen) atoms. The summed E-state index contributed by atoms with van der Waals surface area (Å²) in [5, 5.41) is 0. The quantitative estimate of drug-likeness (QED) is 0.822. The molecule has 0 radical (unpaired) electrons. The summed E-state index contributed by atoms with van der Waals surface area (Å²) in [6, 6.07) is 4.96. The molecule has 0 aromatic heterocycles. The first-order chi connectivity index (χ1) is 9.62. The molecule has 1 aromatic rings. The fraction of sp³-hybridized carbons (Fsp3) is 0.385. The fourth-order valence-electron chi connectivity index (χ4n) is 2.12. The second-order valence-corrected chi connectivity index (χ2v) is 8.07. The highest BCUT2D eigenvalue weighted by molar-refractivity contribution is 7.94. The molecule has 1 aliphatic heterocycles. The second-order valence-electron chi connectivity index (χ2n) is 5.22. The van der Waals surface area contributed by atoms with E-state index in [0.717, 1.165) is 4.31 Å². The lowest BCUT2D eigenvalue weighted by molar-refractivity contribution is -0.132. The van der Waals surface area contributed by atoms with Gasteiger partial charge in [-0.1, -0.05) is 12.2 Å². The highest BCUT2D eigenvalue weighted by atomic mass is 32.2. The monoisotopic (exact) mass is 328 g/mol. The van der Waals surface area contributed by atoms with Crippen LogP contribution >= 0.6 is 12.2 Å². The number of hydrogen-bond donors (Lipinski definition) is 1. The number of amides is 1. The van der Waals surface area contributed by atoms with Gasteiger partial charge in [0, 0.05) is 11.1 Å². The van der Waals surface area contributed by atoms with Crippen LogP contribution in [0, 0.1) is 0 Å². The van der Waals surface area contributed by atoms with Gasteiger partial charge in [-0.25, -0.2) is 12.7 Å². The molecule has 0 unspecified atom stereocenters. The smallest absolute Gasteiger partial charge is 0.259 e. The highest BCUT2D eigenvalue weighted by Gasteiger charge is 2.60. The number of sulfonamides is 1. The number of rotatable bonds is 4. The SMILES string of the molecule is COc1ccc(C(N)=S)cc1CN1C(=O)C(C)(C)S1(=O)=O. The second kappa shape index (κ2) is 4.96. The predicted molar refractivity (Wildman–Crippen MR) is 82.4 cm³/mol. The largest absolute Gasteiger partial charge is 0.496 e. The summed E-state index contributed by atoms with van der Waals surface area (Å²) in [7, 11) is -2.17. The van der Waals surface area contributed by atoms with Crippen LogP contribution in [0.2, 0.25) is 0 Å². The minimum absolute atomic E-state index is 0.0930. The number of carbonyl (C=O) groups is 1. The maximum atomic E-state index is 12.1. The summed E-state index contributed by atoms with van der Waals surface area (Å²) in [6.45, 7) is 2.69. The van der Waals surface area contributed by atoms with Crippen molar-refractivity contribution >= 4 is 33.1 Å². The molecule has 0 saturated carbocycles. The Kier molecular flexibility index (Phi) is 3.71. The van der Waals surface area contributed by atoms with E-state index < -0.39 is 20.7 Å². The van der Waals surface area contributed by atoms with Crippen molar-refractivity contribution in [1.29, 1.82) is 0 Å². The first kappa shape index (κ1) is 15.7. The Morgan fingerprint density at radius 2 is 2.05 bits per heavy atom. The zero-order valence-corrected chi connectivity index (χ0v) is 13.5. The van der Waals surface area contributed by atoms with Crippen LogP contribution in [0.3, 0.4) is 0 Å². The van der Waals surface area contributed by atoms with Gasteiger partial charge in [0.15, 0.2) is 4.75 Å². The van der Waals surface area contributed by atoms with Crippen LogP contribution in [0.15, 0.2) is 18.2 Å². The van der Waals surface area contributed by atoms with Crippen molar-refractivity contribution in [3.8, 4) is 5.75 Å². The number of nitrogens with zero attached hydrogens (tertiary/aromatic N) is 1. The molecular weight excluding hydrogens is 312 g/mol. The normalized spacial score (nSPS) is 19.0. The lowest BCUT2D eigenvalue weighted by atomic mass is 10.1. The first-order valence-corrected chi connectivity index (χ1v) is 8.01. The Balaban J connectivity index is 2.39. The number of thiocarbonyl (C=S) groups is 1. The molecule has 114 valence electrons. The van der Waals surface area contributed by atoms with Crippen molar-refractivity contribution in [2.24, 2.45) is 5.73 Å². The van der Waals surface area contributed by atoms with Crippen molar-refractivity contribution in [3.63, 3.8) is 0 Å². The van der Waals surface area contributed by atoms with Gasteiger partial charge in [-0.2, -0.15) is 0 Å². The molecule has 1 amide bonds. The molecule has 1 fully saturated rings. The van der Waals surface area contributed by atoms with Gasteiger partial charge in [0.25, 0.3) is 15.9 Å². The topological polar surface area (TPSA) is 89.7 Å². The van der Waals surface area contributed by atoms with Gasteiger partial charge in [0.2, 0.25) is 0 Å². The number of ether oxygens (including phenoxy) is 1. The Morgan fingerprint density at radius 1 is 1.43 bits per heavy atom. The average molecular weight is 328 g/mol. The molecule has 0 bridgehead atoms. The van der Waals surface area contributed by atoms with Gasteiger partial charge < -0.3 is 10.5 Å². The highest BCUT2D eigenvalue weighted by Crippen LogP contribution is 2.37. The van der Waals surface area contributed by atoms with E-state index in [9.17, 15) is 13.2 Å². The molecule has 6 nitrogen and oxygen atoms in total.